The van der Waals surface area contributed by atoms with Gasteiger partial charge in [-0.1, -0.05) is 35.3 Å². The van der Waals surface area contributed by atoms with Gasteiger partial charge in [0.2, 0.25) is 0 Å². The molecule has 1 heterocycles. The van der Waals surface area contributed by atoms with Crippen LogP contribution in [-0.2, 0) is 6.42 Å². The van der Waals surface area contributed by atoms with Gasteiger partial charge in [-0.15, -0.1) is 11.3 Å². The van der Waals surface area contributed by atoms with Crippen LogP contribution in [0, 0.1) is 0 Å². The number of halogens is 2. The number of hydrogen-bond donors (Lipinski definition) is 1. The van der Waals surface area contributed by atoms with Gasteiger partial charge in [0, 0.05) is 6.04 Å². The molecule has 0 aliphatic rings. The van der Waals surface area contributed by atoms with Crippen molar-refractivity contribution in [3.05, 3.63) is 50.1 Å². The molecule has 0 bridgehead atoms. The first-order chi connectivity index (χ1) is 9.10. The zero-order valence-corrected chi connectivity index (χ0v) is 12.9. The summed E-state index contributed by atoms with van der Waals surface area (Å²) in [5.41, 5.74) is 8.32. The van der Waals surface area contributed by atoms with Crippen molar-refractivity contribution in [3.8, 4) is 5.75 Å². The van der Waals surface area contributed by atoms with E-state index in [0.29, 0.717) is 8.67 Å². The molecule has 0 saturated heterocycles. The van der Waals surface area contributed by atoms with E-state index in [4.69, 9.17) is 33.7 Å². The highest BCUT2D eigenvalue weighted by molar-refractivity contribution is 7.20. The van der Waals surface area contributed by atoms with Crippen molar-refractivity contribution in [1.29, 1.82) is 0 Å². The van der Waals surface area contributed by atoms with Crippen molar-refractivity contribution < 1.29 is 4.74 Å². The number of nitrogens with two attached hydrogens (primary N) is 1. The zero-order valence-electron chi connectivity index (χ0n) is 10.5. The summed E-state index contributed by atoms with van der Waals surface area (Å²) >= 11 is 13.4. The molecule has 19 heavy (non-hydrogen) atoms. The first-order valence-corrected chi connectivity index (χ1v) is 7.50. The third kappa shape index (κ3) is 3.86. The van der Waals surface area contributed by atoms with Crippen molar-refractivity contribution in [3.63, 3.8) is 0 Å². The van der Waals surface area contributed by atoms with Gasteiger partial charge in [-0.3, -0.25) is 0 Å². The Morgan fingerprint density at radius 2 is 1.95 bits per heavy atom. The zero-order chi connectivity index (χ0) is 13.8. The van der Waals surface area contributed by atoms with Crippen LogP contribution >= 0.6 is 34.5 Å². The number of aryl methyl sites for hydroxylation is 1. The summed E-state index contributed by atoms with van der Waals surface area (Å²) < 4.78 is 6.49. The topological polar surface area (TPSA) is 35.2 Å². The standard InChI is InChI=1S/C14H15Cl2NOS/c1-18-10-5-2-9(3-6-10)4-7-12(17)11-8-13(15)19-14(11)16/h2-3,5-6,8,12H,4,7,17H2,1H3. The summed E-state index contributed by atoms with van der Waals surface area (Å²) in [6.45, 7) is 0. The Morgan fingerprint density at radius 3 is 2.47 bits per heavy atom. The molecule has 0 aliphatic heterocycles. The minimum absolute atomic E-state index is 0.0849. The van der Waals surface area contributed by atoms with Gasteiger partial charge < -0.3 is 10.5 Å². The molecule has 2 aromatic rings. The first-order valence-electron chi connectivity index (χ1n) is 5.93. The molecule has 2 N–H and O–H groups in total. The van der Waals surface area contributed by atoms with Gasteiger partial charge in [-0.25, -0.2) is 0 Å². The maximum atomic E-state index is 6.15. The molecule has 0 fully saturated rings. The average molecular weight is 316 g/mol. The van der Waals surface area contributed by atoms with E-state index in [0.717, 1.165) is 24.2 Å². The maximum Gasteiger partial charge on any atom is 0.118 e. The minimum Gasteiger partial charge on any atom is -0.497 e. The quantitative estimate of drug-likeness (QED) is 0.868. The molecule has 1 aromatic heterocycles. The van der Waals surface area contributed by atoms with Gasteiger partial charge in [-0.2, -0.15) is 0 Å². The Morgan fingerprint density at radius 1 is 1.26 bits per heavy atom. The van der Waals surface area contributed by atoms with E-state index >= 15 is 0 Å². The number of thiophene rings is 1. The fourth-order valence-corrected chi connectivity index (χ4v) is 3.47. The molecule has 1 aromatic carbocycles. The van der Waals surface area contributed by atoms with Crippen LogP contribution in [0.4, 0.5) is 0 Å². The van der Waals surface area contributed by atoms with Crippen LogP contribution in [0.1, 0.15) is 23.6 Å². The van der Waals surface area contributed by atoms with E-state index in [1.54, 1.807) is 7.11 Å². The molecule has 1 unspecified atom stereocenters. The Kier molecular flexibility index (Phi) is 5.11. The first kappa shape index (κ1) is 14.7. The lowest BCUT2D eigenvalue weighted by Crippen LogP contribution is -2.10. The number of benzene rings is 1. The molecule has 0 spiro atoms. The van der Waals surface area contributed by atoms with E-state index in [2.05, 4.69) is 0 Å². The molecular weight excluding hydrogens is 301 g/mol. The number of rotatable bonds is 5. The summed E-state index contributed by atoms with van der Waals surface area (Å²) in [5.74, 6) is 0.862. The van der Waals surface area contributed by atoms with Gasteiger partial charge >= 0.3 is 0 Å². The second-order valence-electron chi connectivity index (χ2n) is 4.27. The predicted molar refractivity (Wildman–Crippen MR) is 82.6 cm³/mol. The van der Waals surface area contributed by atoms with E-state index < -0.39 is 0 Å². The molecule has 5 heteroatoms. The molecule has 0 amide bonds. The molecule has 1 atom stereocenters. The van der Waals surface area contributed by atoms with Gasteiger partial charge in [0.05, 0.1) is 15.8 Å². The van der Waals surface area contributed by atoms with Crippen molar-refractivity contribution in [2.45, 2.75) is 18.9 Å². The summed E-state index contributed by atoms with van der Waals surface area (Å²) in [5, 5.41) is 0. The van der Waals surface area contributed by atoms with Gasteiger partial charge in [0.1, 0.15) is 5.75 Å². The number of hydrogen-bond acceptors (Lipinski definition) is 3. The summed E-state index contributed by atoms with van der Waals surface area (Å²) in [7, 11) is 1.66. The molecule has 0 saturated carbocycles. The number of ether oxygens (including phenoxy) is 1. The van der Waals surface area contributed by atoms with E-state index in [-0.39, 0.29) is 6.04 Å². The van der Waals surface area contributed by atoms with Crippen molar-refractivity contribution in [1.82, 2.24) is 0 Å². The second-order valence-corrected chi connectivity index (χ2v) is 6.56. The lowest BCUT2D eigenvalue weighted by Gasteiger charge is -2.11. The van der Waals surface area contributed by atoms with Gasteiger partial charge in [0.15, 0.2) is 0 Å². The van der Waals surface area contributed by atoms with Crippen LogP contribution < -0.4 is 10.5 Å². The van der Waals surface area contributed by atoms with E-state index in [9.17, 15) is 0 Å². The van der Waals surface area contributed by atoms with Crippen molar-refractivity contribution in [2.24, 2.45) is 5.73 Å². The van der Waals surface area contributed by atoms with Crippen LogP contribution in [-0.4, -0.2) is 7.11 Å². The molecule has 2 nitrogen and oxygen atoms in total. The number of methoxy groups -OCH3 is 1. The Labute approximate surface area is 127 Å². The highest BCUT2D eigenvalue weighted by Gasteiger charge is 2.13. The van der Waals surface area contributed by atoms with E-state index in [1.807, 2.05) is 30.3 Å². The third-order valence-corrected chi connectivity index (χ3v) is 4.50. The highest BCUT2D eigenvalue weighted by Crippen LogP contribution is 2.35. The van der Waals surface area contributed by atoms with Crippen LogP contribution in [0.15, 0.2) is 30.3 Å². The van der Waals surface area contributed by atoms with Gasteiger partial charge in [-0.05, 0) is 42.2 Å². The second kappa shape index (κ2) is 6.62. The summed E-state index contributed by atoms with van der Waals surface area (Å²) in [6.07, 6.45) is 1.73. The Bertz CT molecular complexity index is 539. The SMILES string of the molecule is COc1ccc(CCC(N)c2cc(Cl)sc2Cl)cc1. The highest BCUT2D eigenvalue weighted by atomic mass is 35.5. The third-order valence-electron chi connectivity index (χ3n) is 2.99. The van der Waals surface area contributed by atoms with Gasteiger partial charge in [0.25, 0.3) is 0 Å². The summed E-state index contributed by atoms with van der Waals surface area (Å²) in [4.78, 5) is 0. The minimum atomic E-state index is -0.0849. The predicted octanol–water partition coefficient (Wildman–Crippen LogP) is 4.70. The fourth-order valence-electron chi connectivity index (χ4n) is 1.88. The average Bonchev–Trinajstić information content (AvgIpc) is 2.75. The molecular formula is C14H15Cl2NOS. The molecule has 2 rings (SSSR count). The largest absolute Gasteiger partial charge is 0.497 e. The maximum absolute atomic E-state index is 6.15. The molecule has 102 valence electrons. The monoisotopic (exact) mass is 315 g/mol. The lowest BCUT2D eigenvalue weighted by atomic mass is 10.0. The van der Waals surface area contributed by atoms with E-state index in [1.165, 1.54) is 16.9 Å². The Balaban J connectivity index is 1.96. The molecule has 0 radical (unpaired) electrons. The normalized spacial score (nSPS) is 12.4. The smallest absolute Gasteiger partial charge is 0.118 e. The summed E-state index contributed by atoms with van der Waals surface area (Å²) in [6, 6.07) is 9.78. The fraction of sp³-hybridized carbons (Fsp3) is 0.286. The van der Waals surface area contributed by atoms with Crippen LogP contribution in [0.25, 0.3) is 0 Å². The Hall–Kier alpha value is -0.740. The van der Waals surface area contributed by atoms with Crippen LogP contribution in [0.2, 0.25) is 8.67 Å². The van der Waals surface area contributed by atoms with Crippen molar-refractivity contribution >= 4 is 34.5 Å². The van der Waals surface area contributed by atoms with Crippen molar-refractivity contribution in [2.75, 3.05) is 7.11 Å². The van der Waals surface area contributed by atoms with Crippen LogP contribution in [0.3, 0.4) is 0 Å². The van der Waals surface area contributed by atoms with Crippen LogP contribution in [0.5, 0.6) is 5.75 Å². The lowest BCUT2D eigenvalue weighted by molar-refractivity contribution is 0.414. The molecule has 0 aliphatic carbocycles.